The second-order valence-electron chi connectivity index (χ2n) is 3.04. The van der Waals surface area contributed by atoms with Gasteiger partial charge in [-0.1, -0.05) is 13.8 Å². The zero-order valence-corrected chi connectivity index (χ0v) is 7.89. The minimum absolute atomic E-state index is 0.394. The van der Waals surface area contributed by atoms with Crippen LogP contribution in [0, 0.1) is 5.92 Å². The zero-order chi connectivity index (χ0) is 8.85. The van der Waals surface area contributed by atoms with Crippen LogP contribution in [-0.4, -0.2) is 18.5 Å². The molecule has 0 amide bonds. The fourth-order valence-corrected chi connectivity index (χ4v) is 0.616. The van der Waals surface area contributed by atoms with Gasteiger partial charge in [0.2, 0.25) is 0 Å². The topological polar surface area (TPSA) is 50.4 Å². The first kappa shape index (κ1) is 10.3. The number of hydrogen-bond donors (Lipinski definition) is 2. The summed E-state index contributed by atoms with van der Waals surface area (Å²) in [6, 6.07) is 0.394. The van der Waals surface area contributed by atoms with Gasteiger partial charge in [0, 0.05) is 12.6 Å². The first-order valence-electron chi connectivity index (χ1n) is 4.14. The highest BCUT2D eigenvalue weighted by Gasteiger charge is 2.05. The number of nitrogens with one attached hydrogen (secondary N) is 1. The molecule has 0 bridgehead atoms. The smallest absolute Gasteiger partial charge is 0.188 e. The first-order chi connectivity index (χ1) is 5.07. The van der Waals surface area contributed by atoms with Crippen LogP contribution in [0.5, 0.6) is 0 Å². The monoisotopic (exact) mass is 157 g/mol. The fourth-order valence-electron chi connectivity index (χ4n) is 0.616. The fraction of sp³-hybridized carbons (Fsp3) is 0.875. The lowest BCUT2D eigenvalue weighted by Crippen LogP contribution is -2.41. The Morgan fingerprint density at radius 2 is 2.00 bits per heavy atom. The van der Waals surface area contributed by atoms with Gasteiger partial charge in [-0.25, -0.2) is 0 Å². The molecule has 1 atom stereocenters. The van der Waals surface area contributed by atoms with Crippen LogP contribution in [0.2, 0.25) is 0 Å². The molecule has 0 saturated heterocycles. The molecule has 0 rings (SSSR count). The van der Waals surface area contributed by atoms with Gasteiger partial charge >= 0.3 is 0 Å². The number of nitrogens with two attached hydrogens (primary N) is 1. The van der Waals surface area contributed by atoms with E-state index in [9.17, 15) is 0 Å². The first-order valence-corrected chi connectivity index (χ1v) is 4.14. The molecule has 0 radical (unpaired) electrons. The molecular formula is C8H19N3. The van der Waals surface area contributed by atoms with Crippen LogP contribution in [0.25, 0.3) is 0 Å². The molecule has 0 aliphatic carbocycles. The molecule has 0 aliphatic heterocycles. The molecule has 3 nitrogen and oxygen atoms in total. The average molecular weight is 157 g/mol. The van der Waals surface area contributed by atoms with Crippen LogP contribution < -0.4 is 11.1 Å². The van der Waals surface area contributed by atoms with Crippen molar-refractivity contribution >= 4 is 5.96 Å². The molecule has 0 aromatic heterocycles. The number of guanidine groups is 1. The molecule has 66 valence electrons. The van der Waals surface area contributed by atoms with Crippen molar-refractivity contribution in [2.75, 3.05) is 6.54 Å². The number of rotatable bonds is 3. The summed E-state index contributed by atoms with van der Waals surface area (Å²) in [6.07, 6.45) is 0. The largest absolute Gasteiger partial charge is 0.370 e. The normalized spacial score (nSPS) is 15.2. The maximum Gasteiger partial charge on any atom is 0.188 e. The number of hydrogen-bond acceptors (Lipinski definition) is 1. The summed E-state index contributed by atoms with van der Waals surface area (Å²) in [6.45, 7) is 9.11. The second kappa shape index (κ2) is 4.99. The van der Waals surface area contributed by atoms with Crippen molar-refractivity contribution in [2.45, 2.75) is 33.7 Å². The highest BCUT2D eigenvalue weighted by atomic mass is 15.1. The Labute approximate surface area is 69.1 Å². The van der Waals surface area contributed by atoms with Crippen molar-refractivity contribution in [1.82, 2.24) is 5.32 Å². The summed E-state index contributed by atoms with van der Waals surface area (Å²) in [5, 5.41) is 3.11. The molecule has 0 aromatic rings. The third-order valence-corrected chi connectivity index (χ3v) is 1.70. The SMILES string of the molecule is CCN=C(N)NC(C)C(C)C. The van der Waals surface area contributed by atoms with E-state index in [0.29, 0.717) is 17.9 Å². The summed E-state index contributed by atoms with van der Waals surface area (Å²) in [5.41, 5.74) is 5.56. The van der Waals surface area contributed by atoms with Gasteiger partial charge in [0.25, 0.3) is 0 Å². The highest BCUT2D eigenvalue weighted by Crippen LogP contribution is 1.98. The molecule has 0 spiro atoms. The van der Waals surface area contributed by atoms with Crippen molar-refractivity contribution in [3.05, 3.63) is 0 Å². The maximum absolute atomic E-state index is 5.56. The van der Waals surface area contributed by atoms with Crippen molar-refractivity contribution in [1.29, 1.82) is 0 Å². The third-order valence-electron chi connectivity index (χ3n) is 1.70. The quantitative estimate of drug-likeness (QED) is 0.473. The Hall–Kier alpha value is -0.730. The van der Waals surface area contributed by atoms with Gasteiger partial charge in [-0.2, -0.15) is 0 Å². The summed E-state index contributed by atoms with van der Waals surface area (Å²) < 4.78 is 0. The Balaban J connectivity index is 3.75. The molecule has 1 unspecified atom stereocenters. The maximum atomic E-state index is 5.56. The van der Waals surface area contributed by atoms with E-state index in [1.165, 1.54) is 0 Å². The summed E-state index contributed by atoms with van der Waals surface area (Å²) in [7, 11) is 0. The lowest BCUT2D eigenvalue weighted by atomic mass is 10.1. The van der Waals surface area contributed by atoms with Crippen molar-refractivity contribution in [3.63, 3.8) is 0 Å². The predicted molar refractivity (Wildman–Crippen MR) is 49.6 cm³/mol. The van der Waals surface area contributed by atoms with Gasteiger partial charge < -0.3 is 11.1 Å². The van der Waals surface area contributed by atoms with Crippen molar-refractivity contribution in [3.8, 4) is 0 Å². The van der Waals surface area contributed by atoms with E-state index < -0.39 is 0 Å². The molecule has 0 fully saturated rings. The number of nitrogens with zero attached hydrogens (tertiary/aromatic N) is 1. The van der Waals surface area contributed by atoms with E-state index in [2.05, 4.69) is 31.1 Å². The average Bonchev–Trinajstić information content (AvgIpc) is 1.87. The third kappa shape index (κ3) is 4.65. The second-order valence-corrected chi connectivity index (χ2v) is 3.04. The van der Waals surface area contributed by atoms with Gasteiger partial charge in [-0.15, -0.1) is 0 Å². The molecule has 3 heteroatoms. The number of aliphatic imine (C=N–C) groups is 1. The summed E-state index contributed by atoms with van der Waals surface area (Å²) in [4.78, 5) is 4.03. The highest BCUT2D eigenvalue weighted by molar-refractivity contribution is 5.78. The van der Waals surface area contributed by atoms with E-state index in [4.69, 9.17) is 5.73 Å². The van der Waals surface area contributed by atoms with Crippen LogP contribution in [0.15, 0.2) is 4.99 Å². The van der Waals surface area contributed by atoms with Gasteiger partial charge in [-0.05, 0) is 19.8 Å². The molecule has 0 saturated carbocycles. The van der Waals surface area contributed by atoms with Gasteiger partial charge in [0.1, 0.15) is 0 Å². The lowest BCUT2D eigenvalue weighted by Gasteiger charge is -2.17. The Morgan fingerprint density at radius 1 is 1.45 bits per heavy atom. The molecule has 11 heavy (non-hydrogen) atoms. The van der Waals surface area contributed by atoms with Gasteiger partial charge in [0.05, 0.1) is 0 Å². The van der Waals surface area contributed by atoms with Crippen LogP contribution in [0.3, 0.4) is 0 Å². The Morgan fingerprint density at radius 3 is 2.36 bits per heavy atom. The predicted octanol–water partition coefficient (Wildman–Crippen LogP) is 0.955. The van der Waals surface area contributed by atoms with Crippen LogP contribution >= 0.6 is 0 Å². The minimum atomic E-state index is 0.394. The molecule has 3 N–H and O–H groups in total. The van der Waals surface area contributed by atoms with E-state index in [1.54, 1.807) is 0 Å². The molecule has 0 heterocycles. The van der Waals surface area contributed by atoms with E-state index in [0.717, 1.165) is 6.54 Å². The van der Waals surface area contributed by atoms with Gasteiger partial charge in [-0.3, -0.25) is 4.99 Å². The van der Waals surface area contributed by atoms with Crippen LogP contribution in [0.1, 0.15) is 27.7 Å². The van der Waals surface area contributed by atoms with Crippen LogP contribution in [0.4, 0.5) is 0 Å². The van der Waals surface area contributed by atoms with E-state index in [-0.39, 0.29) is 0 Å². The molecule has 0 aliphatic rings. The van der Waals surface area contributed by atoms with E-state index in [1.807, 2.05) is 6.92 Å². The van der Waals surface area contributed by atoms with E-state index >= 15 is 0 Å². The summed E-state index contributed by atoms with van der Waals surface area (Å²) >= 11 is 0. The zero-order valence-electron chi connectivity index (χ0n) is 7.89. The standard InChI is InChI=1S/C8H19N3/c1-5-10-8(9)11-7(4)6(2)3/h6-7H,5H2,1-4H3,(H3,9,10,11). The minimum Gasteiger partial charge on any atom is -0.370 e. The Bertz CT molecular complexity index is 129. The van der Waals surface area contributed by atoms with Crippen molar-refractivity contribution < 1.29 is 0 Å². The summed E-state index contributed by atoms with van der Waals surface area (Å²) in [5.74, 6) is 1.13. The van der Waals surface area contributed by atoms with Gasteiger partial charge in [0.15, 0.2) is 5.96 Å². The lowest BCUT2D eigenvalue weighted by molar-refractivity contribution is 0.485. The van der Waals surface area contributed by atoms with Crippen molar-refractivity contribution in [2.24, 2.45) is 16.6 Å². The molecular weight excluding hydrogens is 138 g/mol. The van der Waals surface area contributed by atoms with Crippen LogP contribution in [-0.2, 0) is 0 Å². The Kier molecular flexibility index (Phi) is 4.66. The molecule has 0 aromatic carbocycles.